The largest absolute Gasteiger partial charge is 0.493 e. The number of carbonyl (C=O) groups is 2. The highest BCUT2D eigenvalue weighted by Crippen LogP contribution is 2.48. The van der Waals surface area contributed by atoms with Crippen molar-refractivity contribution in [3.05, 3.63) is 35.9 Å². The third kappa shape index (κ3) is 3.34. The zero-order valence-electron chi connectivity index (χ0n) is 14.4. The van der Waals surface area contributed by atoms with Crippen molar-refractivity contribution in [1.29, 1.82) is 0 Å². The van der Waals surface area contributed by atoms with Crippen LogP contribution in [0.25, 0.3) is 0 Å². The number of rotatable bonds is 7. The molecule has 1 amide bonds. The number of allylic oxidation sites excluding steroid dienone is 2. The van der Waals surface area contributed by atoms with Crippen LogP contribution in [-0.4, -0.2) is 37.7 Å². The quantitative estimate of drug-likeness (QED) is 0.737. The van der Waals surface area contributed by atoms with Crippen LogP contribution < -0.4 is 14.8 Å². The summed E-state index contributed by atoms with van der Waals surface area (Å²) in [6.07, 6.45) is 5.34. The molecule has 134 valence electrons. The first-order valence-electron chi connectivity index (χ1n) is 8.45. The highest BCUT2D eigenvalue weighted by molar-refractivity contribution is 5.86. The number of hydrogen-bond donors (Lipinski definition) is 2. The van der Waals surface area contributed by atoms with Crippen LogP contribution in [0.4, 0.5) is 0 Å². The monoisotopic (exact) mass is 345 g/mol. The summed E-state index contributed by atoms with van der Waals surface area (Å²) in [7, 11) is 3.17. The van der Waals surface area contributed by atoms with Crippen LogP contribution in [0.1, 0.15) is 12.0 Å². The second-order valence-electron chi connectivity index (χ2n) is 6.57. The summed E-state index contributed by atoms with van der Waals surface area (Å²) in [6.45, 7) is 0.457. The molecule has 0 spiro atoms. The standard InChI is InChI=1S/C19H23NO5/c1-24-14-6-3-11(9-15(14)25-2)7-8-20-18(21)16-12-4-5-13(10-12)17(16)19(22)23/h3-6,9,12-13,16-17H,7-8,10H2,1-2H3,(H,20,21)(H,22,23). The molecule has 0 radical (unpaired) electrons. The zero-order valence-corrected chi connectivity index (χ0v) is 14.4. The first-order valence-corrected chi connectivity index (χ1v) is 8.45. The molecule has 1 aromatic carbocycles. The van der Waals surface area contributed by atoms with Crippen molar-refractivity contribution in [3.8, 4) is 11.5 Å². The van der Waals surface area contributed by atoms with Gasteiger partial charge in [0.15, 0.2) is 11.5 Å². The molecule has 1 fully saturated rings. The fourth-order valence-electron chi connectivity index (χ4n) is 4.00. The van der Waals surface area contributed by atoms with E-state index in [1.807, 2.05) is 30.4 Å². The number of carbonyl (C=O) groups excluding carboxylic acids is 1. The molecular weight excluding hydrogens is 322 g/mol. The van der Waals surface area contributed by atoms with Crippen LogP contribution in [0.15, 0.2) is 30.4 Å². The van der Waals surface area contributed by atoms with E-state index in [1.165, 1.54) is 0 Å². The molecule has 1 aromatic rings. The van der Waals surface area contributed by atoms with Crippen molar-refractivity contribution in [2.24, 2.45) is 23.7 Å². The van der Waals surface area contributed by atoms with Crippen LogP contribution >= 0.6 is 0 Å². The summed E-state index contributed by atoms with van der Waals surface area (Å²) in [5.41, 5.74) is 1.01. The van der Waals surface area contributed by atoms with Crippen molar-refractivity contribution < 1.29 is 24.2 Å². The second-order valence-corrected chi connectivity index (χ2v) is 6.57. The van der Waals surface area contributed by atoms with Crippen molar-refractivity contribution in [3.63, 3.8) is 0 Å². The summed E-state index contributed by atoms with van der Waals surface area (Å²) in [4.78, 5) is 24.0. The van der Waals surface area contributed by atoms with Gasteiger partial charge in [-0.3, -0.25) is 9.59 Å². The Balaban J connectivity index is 1.58. The Morgan fingerprint density at radius 2 is 1.80 bits per heavy atom. The molecule has 0 heterocycles. The molecule has 2 bridgehead atoms. The minimum Gasteiger partial charge on any atom is -0.493 e. The van der Waals surface area contributed by atoms with Crippen molar-refractivity contribution in [1.82, 2.24) is 5.32 Å². The van der Waals surface area contributed by atoms with E-state index in [9.17, 15) is 14.7 Å². The number of amides is 1. The number of hydrogen-bond acceptors (Lipinski definition) is 4. The molecule has 2 aliphatic carbocycles. The number of carboxylic acid groups (broad SMARTS) is 1. The van der Waals surface area contributed by atoms with E-state index in [2.05, 4.69) is 5.32 Å². The Labute approximate surface area is 146 Å². The van der Waals surface area contributed by atoms with Crippen LogP contribution in [0.3, 0.4) is 0 Å². The number of methoxy groups -OCH3 is 2. The van der Waals surface area contributed by atoms with Crippen molar-refractivity contribution in [2.45, 2.75) is 12.8 Å². The number of ether oxygens (including phenoxy) is 2. The molecule has 4 atom stereocenters. The average molecular weight is 345 g/mol. The van der Waals surface area contributed by atoms with Crippen molar-refractivity contribution >= 4 is 11.9 Å². The van der Waals surface area contributed by atoms with Crippen LogP contribution in [0.5, 0.6) is 11.5 Å². The third-order valence-electron chi connectivity index (χ3n) is 5.21. The SMILES string of the molecule is COc1ccc(CCNC(=O)C2C3C=CC(C3)C2C(=O)O)cc1OC. The molecule has 6 heteroatoms. The van der Waals surface area contributed by atoms with E-state index in [4.69, 9.17) is 9.47 Å². The Bertz CT molecular complexity index is 699. The number of carboxylic acids is 1. The molecule has 25 heavy (non-hydrogen) atoms. The van der Waals surface area contributed by atoms with E-state index in [-0.39, 0.29) is 17.7 Å². The van der Waals surface area contributed by atoms with E-state index in [0.29, 0.717) is 24.5 Å². The maximum absolute atomic E-state index is 12.5. The number of aliphatic carboxylic acids is 1. The van der Waals surface area contributed by atoms with Gasteiger partial charge in [-0.15, -0.1) is 0 Å². The van der Waals surface area contributed by atoms with Gasteiger partial charge in [-0.05, 0) is 42.4 Å². The van der Waals surface area contributed by atoms with E-state index < -0.39 is 17.8 Å². The lowest BCUT2D eigenvalue weighted by Gasteiger charge is -2.23. The van der Waals surface area contributed by atoms with Gasteiger partial charge in [-0.1, -0.05) is 18.2 Å². The third-order valence-corrected chi connectivity index (χ3v) is 5.21. The molecule has 2 aliphatic rings. The second kappa shape index (κ2) is 7.17. The van der Waals surface area contributed by atoms with E-state index >= 15 is 0 Å². The van der Waals surface area contributed by atoms with Crippen molar-refractivity contribution in [2.75, 3.05) is 20.8 Å². The number of nitrogens with one attached hydrogen (secondary N) is 1. The lowest BCUT2D eigenvalue weighted by molar-refractivity contribution is -0.147. The Morgan fingerprint density at radius 3 is 2.44 bits per heavy atom. The van der Waals surface area contributed by atoms with Gasteiger partial charge in [-0.25, -0.2) is 0 Å². The van der Waals surface area contributed by atoms with Gasteiger partial charge >= 0.3 is 5.97 Å². The lowest BCUT2D eigenvalue weighted by Crippen LogP contribution is -2.40. The molecular formula is C19H23NO5. The molecule has 0 aliphatic heterocycles. The number of fused-ring (bicyclic) bond motifs is 2. The molecule has 6 nitrogen and oxygen atoms in total. The normalized spacial score (nSPS) is 26.5. The molecule has 3 rings (SSSR count). The Morgan fingerprint density at radius 1 is 1.12 bits per heavy atom. The van der Waals surface area contributed by atoms with E-state index in [1.54, 1.807) is 14.2 Å². The fourth-order valence-corrected chi connectivity index (χ4v) is 4.00. The van der Waals surface area contributed by atoms with Gasteiger partial charge in [0, 0.05) is 6.54 Å². The first-order chi connectivity index (χ1) is 12.0. The summed E-state index contributed by atoms with van der Waals surface area (Å²) in [6, 6.07) is 5.64. The van der Waals surface area contributed by atoms with Gasteiger partial charge in [0.2, 0.25) is 5.91 Å². The highest BCUT2D eigenvalue weighted by atomic mass is 16.5. The lowest BCUT2D eigenvalue weighted by atomic mass is 9.82. The molecule has 4 unspecified atom stereocenters. The van der Waals surface area contributed by atoms with Gasteiger partial charge in [0.1, 0.15) is 0 Å². The molecule has 0 aromatic heterocycles. The molecule has 2 N–H and O–H groups in total. The minimum absolute atomic E-state index is 0.0101. The van der Waals surface area contributed by atoms with Crippen LogP contribution in [0, 0.1) is 23.7 Å². The predicted octanol–water partition coefficient (Wildman–Crippen LogP) is 1.89. The van der Waals surface area contributed by atoms with E-state index in [0.717, 1.165) is 12.0 Å². The minimum atomic E-state index is -0.878. The predicted molar refractivity (Wildman–Crippen MR) is 91.6 cm³/mol. The number of benzene rings is 1. The fraction of sp³-hybridized carbons (Fsp3) is 0.474. The maximum atomic E-state index is 12.5. The highest BCUT2D eigenvalue weighted by Gasteiger charge is 2.51. The van der Waals surface area contributed by atoms with Crippen LogP contribution in [0.2, 0.25) is 0 Å². The first kappa shape index (κ1) is 17.3. The zero-order chi connectivity index (χ0) is 18.0. The Kier molecular flexibility index (Phi) is 4.97. The topological polar surface area (TPSA) is 84.9 Å². The summed E-state index contributed by atoms with van der Waals surface area (Å²) < 4.78 is 10.5. The summed E-state index contributed by atoms with van der Waals surface area (Å²) in [5, 5.41) is 12.3. The summed E-state index contributed by atoms with van der Waals surface area (Å²) in [5.74, 6) is -0.754. The van der Waals surface area contributed by atoms with Gasteiger partial charge in [0.25, 0.3) is 0 Å². The average Bonchev–Trinajstić information content (AvgIpc) is 3.22. The maximum Gasteiger partial charge on any atom is 0.307 e. The summed E-state index contributed by atoms with van der Waals surface area (Å²) >= 11 is 0. The Hall–Kier alpha value is -2.50. The van der Waals surface area contributed by atoms with Crippen LogP contribution in [-0.2, 0) is 16.0 Å². The molecule has 0 saturated heterocycles. The smallest absolute Gasteiger partial charge is 0.307 e. The molecule has 1 saturated carbocycles. The van der Waals surface area contributed by atoms with Gasteiger partial charge < -0.3 is 19.9 Å². The van der Waals surface area contributed by atoms with Gasteiger partial charge in [0.05, 0.1) is 26.1 Å². The van der Waals surface area contributed by atoms with Gasteiger partial charge in [-0.2, -0.15) is 0 Å².